The summed E-state index contributed by atoms with van der Waals surface area (Å²) in [4.78, 5) is 25.5. The van der Waals surface area contributed by atoms with Crippen molar-refractivity contribution in [1.82, 2.24) is 15.0 Å². The van der Waals surface area contributed by atoms with Crippen LogP contribution in [-0.4, -0.2) is 20.9 Å². The van der Waals surface area contributed by atoms with E-state index in [-0.39, 0.29) is 5.91 Å². The average molecular weight is 412 g/mol. The first-order valence-electron chi connectivity index (χ1n) is 10.2. The second-order valence-corrected chi connectivity index (χ2v) is 6.48. The molecule has 31 heavy (non-hydrogen) atoms. The molecule has 2 N–H and O–H groups in total. The van der Waals surface area contributed by atoms with Crippen molar-refractivity contribution in [3.05, 3.63) is 96.4 Å². The van der Waals surface area contributed by atoms with E-state index >= 15 is 0 Å². The number of aryl methyl sites for hydroxylation is 1. The number of nitrogens with zero attached hydrogens (tertiary/aromatic N) is 3. The van der Waals surface area contributed by atoms with Crippen molar-refractivity contribution in [2.45, 2.75) is 20.8 Å². The molecule has 2 heterocycles. The predicted molar refractivity (Wildman–Crippen MR) is 125 cm³/mol. The fourth-order valence-electron chi connectivity index (χ4n) is 2.85. The Bertz CT molecular complexity index is 1130. The highest BCUT2D eigenvalue weighted by Crippen LogP contribution is 2.23. The minimum atomic E-state index is -0.175. The second-order valence-electron chi connectivity index (χ2n) is 6.48. The largest absolute Gasteiger partial charge is 0.324 e. The third-order valence-electron chi connectivity index (χ3n) is 4.41. The predicted octanol–water partition coefficient (Wildman–Crippen LogP) is 5.87. The van der Waals surface area contributed by atoms with Crippen molar-refractivity contribution < 1.29 is 4.79 Å². The topological polar surface area (TPSA) is 79.8 Å². The number of aromatic nitrogens is 3. The van der Waals surface area contributed by atoms with Gasteiger partial charge in [0.25, 0.3) is 5.91 Å². The van der Waals surface area contributed by atoms with E-state index in [1.165, 1.54) is 0 Å². The van der Waals surface area contributed by atoms with Crippen molar-refractivity contribution in [1.29, 1.82) is 0 Å². The Morgan fingerprint density at radius 2 is 1.61 bits per heavy atom. The van der Waals surface area contributed by atoms with Crippen LogP contribution in [0.5, 0.6) is 0 Å². The molecule has 2 aromatic carbocycles. The number of pyridine rings is 1. The minimum Gasteiger partial charge on any atom is -0.324 e. The maximum absolute atomic E-state index is 12.6. The van der Waals surface area contributed by atoms with Crippen LogP contribution in [0.25, 0.3) is 11.3 Å². The van der Waals surface area contributed by atoms with Gasteiger partial charge in [0.2, 0.25) is 5.95 Å². The molecule has 6 heteroatoms. The van der Waals surface area contributed by atoms with Gasteiger partial charge in [-0.05, 0) is 55.0 Å². The molecule has 0 aliphatic rings. The Balaban J connectivity index is 0.00000132. The third kappa shape index (κ3) is 5.73. The summed E-state index contributed by atoms with van der Waals surface area (Å²) in [6, 6.07) is 20.5. The molecule has 6 nitrogen and oxygen atoms in total. The molecule has 0 saturated heterocycles. The van der Waals surface area contributed by atoms with Gasteiger partial charge in [-0.25, -0.2) is 9.97 Å². The number of nitrogens with one attached hydrogen (secondary N) is 2. The van der Waals surface area contributed by atoms with Gasteiger partial charge < -0.3 is 10.6 Å². The lowest BCUT2D eigenvalue weighted by Gasteiger charge is -2.11. The van der Waals surface area contributed by atoms with Gasteiger partial charge in [0.15, 0.2) is 0 Å². The van der Waals surface area contributed by atoms with Crippen LogP contribution in [0.3, 0.4) is 0 Å². The molecule has 156 valence electrons. The lowest BCUT2D eigenvalue weighted by molar-refractivity contribution is 0.102. The van der Waals surface area contributed by atoms with Crippen LogP contribution in [0, 0.1) is 6.92 Å². The minimum absolute atomic E-state index is 0.175. The highest BCUT2D eigenvalue weighted by Gasteiger charge is 2.10. The lowest BCUT2D eigenvalue weighted by atomic mass is 10.1. The van der Waals surface area contributed by atoms with Crippen molar-refractivity contribution in [3.8, 4) is 11.3 Å². The summed E-state index contributed by atoms with van der Waals surface area (Å²) in [6.07, 6.45) is 5.15. The van der Waals surface area contributed by atoms with E-state index in [0.29, 0.717) is 11.5 Å². The fourth-order valence-corrected chi connectivity index (χ4v) is 2.85. The quantitative estimate of drug-likeness (QED) is 0.429. The van der Waals surface area contributed by atoms with Crippen LogP contribution in [-0.2, 0) is 0 Å². The van der Waals surface area contributed by atoms with Crippen LogP contribution >= 0.6 is 0 Å². The molecule has 0 aliphatic carbocycles. The van der Waals surface area contributed by atoms with E-state index in [2.05, 4.69) is 25.6 Å². The van der Waals surface area contributed by atoms with Gasteiger partial charge in [0, 0.05) is 41.1 Å². The summed E-state index contributed by atoms with van der Waals surface area (Å²) in [7, 11) is 0. The third-order valence-corrected chi connectivity index (χ3v) is 4.41. The Labute approximate surface area is 182 Å². The van der Waals surface area contributed by atoms with E-state index in [0.717, 1.165) is 28.2 Å². The molecule has 0 atom stereocenters. The number of carbonyl (C=O) groups excluding carboxylic acids is 1. The molecule has 0 radical (unpaired) electrons. The van der Waals surface area contributed by atoms with E-state index in [4.69, 9.17) is 0 Å². The van der Waals surface area contributed by atoms with Crippen LogP contribution in [0.2, 0.25) is 0 Å². The number of carbonyl (C=O) groups is 1. The number of amides is 1. The number of rotatable bonds is 5. The molecule has 0 aliphatic heterocycles. The molecule has 4 rings (SSSR count). The number of benzene rings is 2. The first-order chi connectivity index (χ1) is 15.2. The van der Waals surface area contributed by atoms with Gasteiger partial charge in [-0.15, -0.1) is 0 Å². The zero-order valence-corrected chi connectivity index (χ0v) is 17.8. The number of hydrogen-bond acceptors (Lipinski definition) is 5. The molecule has 2 aromatic heterocycles. The van der Waals surface area contributed by atoms with Gasteiger partial charge >= 0.3 is 0 Å². The Morgan fingerprint density at radius 1 is 0.871 bits per heavy atom. The SMILES string of the molecule is CC.Cc1ccc(C(=O)Nc2ccccc2)cc1Nc1nccc(-c2ccncc2)n1. The first-order valence-corrected chi connectivity index (χ1v) is 10.2. The highest BCUT2D eigenvalue weighted by atomic mass is 16.1. The van der Waals surface area contributed by atoms with E-state index in [1.54, 1.807) is 30.7 Å². The van der Waals surface area contributed by atoms with Gasteiger partial charge in [0.05, 0.1) is 5.69 Å². The van der Waals surface area contributed by atoms with Crippen molar-refractivity contribution >= 4 is 23.2 Å². The smallest absolute Gasteiger partial charge is 0.255 e. The van der Waals surface area contributed by atoms with Crippen LogP contribution in [0.4, 0.5) is 17.3 Å². The van der Waals surface area contributed by atoms with Crippen molar-refractivity contribution in [3.63, 3.8) is 0 Å². The molecule has 0 bridgehead atoms. The summed E-state index contributed by atoms with van der Waals surface area (Å²) in [6.45, 7) is 5.97. The summed E-state index contributed by atoms with van der Waals surface area (Å²) in [5.41, 5.74) is 4.81. The Morgan fingerprint density at radius 3 is 2.35 bits per heavy atom. The van der Waals surface area contributed by atoms with Crippen molar-refractivity contribution in [2.75, 3.05) is 10.6 Å². The van der Waals surface area contributed by atoms with Crippen molar-refractivity contribution in [2.24, 2.45) is 0 Å². The summed E-state index contributed by atoms with van der Waals surface area (Å²) in [5.74, 6) is 0.286. The fraction of sp³-hybridized carbons (Fsp3) is 0.120. The van der Waals surface area contributed by atoms with Gasteiger partial charge in [-0.3, -0.25) is 9.78 Å². The first kappa shape index (κ1) is 21.6. The summed E-state index contributed by atoms with van der Waals surface area (Å²) >= 11 is 0. The average Bonchev–Trinajstić information content (AvgIpc) is 2.83. The zero-order valence-electron chi connectivity index (χ0n) is 17.8. The standard InChI is InChI=1S/C23H19N5O.C2H6/c1-16-7-8-18(22(29)26-19-5-3-2-4-6-19)15-21(16)28-23-25-14-11-20(27-23)17-9-12-24-13-10-17;1-2/h2-15H,1H3,(H,26,29)(H,25,27,28);1-2H3. The molecule has 0 saturated carbocycles. The normalized spacial score (nSPS) is 9.90. The number of anilines is 3. The Kier molecular flexibility index (Phi) is 7.43. The van der Waals surface area contributed by atoms with Crippen LogP contribution in [0.1, 0.15) is 29.8 Å². The Hall–Kier alpha value is -4.06. The molecule has 0 spiro atoms. The van der Waals surface area contributed by atoms with Gasteiger partial charge in [-0.1, -0.05) is 38.1 Å². The van der Waals surface area contributed by atoms with E-state index < -0.39 is 0 Å². The molecule has 0 unspecified atom stereocenters. The van der Waals surface area contributed by atoms with E-state index in [9.17, 15) is 4.79 Å². The molecule has 1 amide bonds. The van der Waals surface area contributed by atoms with Gasteiger partial charge in [0.1, 0.15) is 0 Å². The number of hydrogen-bond donors (Lipinski definition) is 2. The summed E-state index contributed by atoms with van der Waals surface area (Å²) in [5, 5.41) is 6.12. The lowest BCUT2D eigenvalue weighted by Crippen LogP contribution is -2.12. The van der Waals surface area contributed by atoms with Gasteiger partial charge in [-0.2, -0.15) is 0 Å². The second kappa shape index (κ2) is 10.6. The van der Waals surface area contributed by atoms with Crippen LogP contribution in [0.15, 0.2) is 85.3 Å². The highest BCUT2D eigenvalue weighted by molar-refractivity contribution is 6.05. The maximum Gasteiger partial charge on any atom is 0.255 e. The number of para-hydroxylation sites is 1. The van der Waals surface area contributed by atoms with E-state index in [1.807, 2.05) is 75.4 Å². The summed E-state index contributed by atoms with van der Waals surface area (Å²) < 4.78 is 0. The zero-order chi connectivity index (χ0) is 22.1. The van der Waals surface area contributed by atoms with Crippen LogP contribution < -0.4 is 10.6 Å². The maximum atomic E-state index is 12.6. The molecule has 4 aromatic rings. The molecule has 0 fully saturated rings. The monoisotopic (exact) mass is 411 g/mol. The molecular formula is C25H25N5O. The molecular weight excluding hydrogens is 386 g/mol.